The molecule has 1 aromatic carbocycles. The summed E-state index contributed by atoms with van der Waals surface area (Å²) < 4.78 is 0.658. The maximum atomic E-state index is 12.8. The number of benzene rings is 1. The van der Waals surface area contributed by atoms with Gasteiger partial charge >= 0.3 is 12.1 Å². The van der Waals surface area contributed by atoms with Gasteiger partial charge in [0.25, 0.3) is 5.91 Å². The fourth-order valence-electron chi connectivity index (χ4n) is 2.82. The van der Waals surface area contributed by atoms with E-state index in [1.54, 1.807) is 31.2 Å². The van der Waals surface area contributed by atoms with Gasteiger partial charge in [0.05, 0.1) is 6.54 Å². The third kappa shape index (κ3) is 4.07. The molecule has 146 valence electrons. The molecule has 28 heavy (non-hydrogen) atoms. The SMILES string of the molecule is CC1(c2ccccc2Br)NC(=O)N(CC(=O)NC(=O)NCc2cccs2)C1=O. The van der Waals surface area contributed by atoms with E-state index in [2.05, 4.69) is 31.9 Å². The average Bonchev–Trinajstić information content (AvgIpc) is 3.24. The number of nitrogens with zero attached hydrogens (tertiary/aromatic N) is 1. The smallest absolute Gasteiger partial charge is 0.325 e. The summed E-state index contributed by atoms with van der Waals surface area (Å²) in [6.45, 7) is 1.29. The second-order valence-corrected chi connectivity index (χ2v) is 8.12. The predicted octanol–water partition coefficient (Wildman–Crippen LogP) is 2.30. The molecule has 3 N–H and O–H groups in total. The first-order valence-corrected chi connectivity index (χ1v) is 9.97. The molecule has 2 heterocycles. The van der Waals surface area contributed by atoms with Gasteiger partial charge in [-0.05, 0) is 24.4 Å². The van der Waals surface area contributed by atoms with Crippen LogP contribution in [-0.4, -0.2) is 35.3 Å². The third-order valence-corrected chi connectivity index (χ3v) is 5.81. The van der Waals surface area contributed by atoms with Crippen LogP contribution in [0.2, 0.25) is 0 Å². The second kappa shape index (κ2) is 8.11. The first-order valence-electron chi connectivity index (χ1n) is 8.30. The molecule has 10 heteroatoms. The van der Waals surface area contributed by atoms with Crippen molar-refractivity contribution >= 4 is 51.1 Å². The Hall–Kier alpha value is -2.72. The van der Waals surface area contributed by atoms with E-state index >= 15 is 0 Å². The first kappa shape index (κ1) is 20.0. The zero-order chi connectivity index (χ0) is 20.3. The zero-order valence-corrected chi connectivity index (χ0v) is 17.2. The Morgan fingerprint density at radius 1 is 1.21 bits per heavy atom. The van der Waals surface area contributed by atoms with E-state index in [0.29, 0.717) is 10.0 Å². The lowest BCUT2D eigenvalue weighted by Gasteiger charge is -2.23. The molecule has 0 radical (unpaired) electrons. The monoisotopic (exact) mass is 464 g/mol. The number of halogens is 1. The molecule has 1 aliphatic rings. The van der Waals surface area contributed by atoms with Crippen LogP contribution in [0.4, 0.5) is 9.59 Å². The Labute approximate surface area is 173 Å². The Morgan fingerprint density at radius 2 is 1.96 bits per heavy atom. The minimum absolute atomic E-state index is 0.278. The van der Waals surface area contributed by atoms with Crippen LogP contribution in [0.3, 0.4) is 0 Å². The molecule has 1 fully saturated rings. The van der Waals surface area contributed by atoms with Gasteiger partial charge in [-0.25, -0.2) is 9.59 Å². The van der Waals surface area contributed by atoms with Crippen molar-refractivity contribution < 1.29 is 19.2 Å². The van der Waals surface area contributed by atoms with Crippen molar-refractivity contribution in [2.75, 3.05) is 6.54 Å². The van der Waals surface area contributed by atoms with E-state index in [4.69, 9.17) is 0 Å². The number of hydrogen-bond acceptors (Lipinski definition) is 5. The summed E-state index contributed by atoms with van der Waals surface area (Å²) in [6.07, 6.45) is 0. The highest BCUT2D eigenvalue weighted by molar-refractivity contribution is 9.10. The van der Waals surface area contributed by atoms with E-state index in [1.165, 1.54) is 11.3 Å². The lowest BCUT2D eigenvalue weighted by molar-refractivity contribution is -0.134. The normalized spacial score (nSPS) is 18.7. The van der Waals surface area contributed by atoms with Gasteiger partial charge in [0.15, 0.2) is 0 Å². The van der Waals surface area contributed by atoms with Gasteiger partial charge in [0, 0.05) is 14.9 Å². The molecule has 0 aliphatic carbocycles. The summed E-state index contributed by atoms with van der Waals surface area (Å²) in [4.78, 5) is 50.8. The first-order chi connectivity index (χ1) is 13.3. The molecular formula is C18H17BrN4O4S. The quantitative estimate of drug-likeness (QED) is 0.589. The van der Waals surface area contributed by atoms with E-state index in [-0.39, 0.29) is 6.54 Å². The molecule has 3 rings (SSSR count). The number of rotatable bonds is 5. The number of nitrogens with one attached hydrogen (secondary N) is 3. The second-order valence-electron chi connectivity index (χ2n) is 6.24. The van der Waals surface area contributed by atoms with Crippen LogP contribution in [0.5, 0.6) is 0 Å². The minimum Gasteiger partial charge on any atom is -0.333 e. The van der Waals surface area contributed by atoms with Gasteiger partial charge in [0.2, 0.25) is 5.91 Å². The number of carbonyl (C=O) groups is 4. The Bertz CT molecular complexity index is 933. The summed E-state index contributed by atoms with van der Waals surface area (Å²) >= 11 is 4.84. The Balaban J connectivity index is 1.61. The van der Waals surface area contributed by atoms with E-state index < -0.39 is 36.0 Å². The lowest BCUT2D eigenvalue weighted by Crippen LogP contribution is -2.46. The highest BCUT2D eigenvalue weighted by Crippen LogP contribution is 2.33. The lowest BCUT2D eigenvalue weighted by atomic mass is 9.92. The van der Waals surface area contributed by atoms with Crippen molar-refractivity contribution in [1.29, 1.82) is 0 Å². The summed E-state index contributed by atoms with van der Waals surface area (Å²) in [5.41, 5.74) is -0.733. The zero-order valence-electron chi connectivity index (χ0n) is 14.8. The molecule has 1 saturated heterocycles. The number of thiophene rings is 1. The van der Waals surface area contributed by atoms with Gasteiger partial charge in [-0.15, -0.1) is 11.3 Å². The molecule has 1 aliphatic heterocycles. The van der Waals surface area contributed by atoms with Gasteiger partial charge in [-0.1, -0.05) is 40.2 Å². The number of imide groups is 2. The van der Waals surface area contributed by atoms with Crippen molar-refractivity contribution in [3.05, 3.63) is 56.7 Å². The highest BCUT2D eigenvalue weighted by atomic mass is 79.9. The van der Waals surface area contributed by atoms with Crippen molar-refractivity contribution in [2.24, 2.45) is 0 Å². The fraction of sp³-hybridized carbons (Fsp3) is 0.222. The van der Waals surface area contributed by atoms with Crippen molar-refractivity contribution in [2.45, 2.75) is 19.0 Å². The topological polar surface area (TPSA) is 108 Å². The summed E-state index contributed by atoms with van der Waals surface area (Å²) in [6, 6.07) is 9.32. The van der Waals surface area contributed by atoms with Crippen molar-refractivity contribution in [1.82, 2.24) is 20.9 Å². The van der Waals surface area contributed by atoms with Crippen LogP contribution in [0, 0.1) is 0 Å². The van der Waals surface area contributed by atoms with Gasteiger partial charge in [-0.3, -0.25) is 19.8 Å². The van der Waals surface area contributed by atoms with Gasteiger partial charge < -0.3 is 10.6 Å². The molecule has 0 saturated carbocycles. The highest BCUT2D eigenvalue weighted by Gasteiger charge is 2.50. The third-order valence-electron chi connectivity index (χ3n) is 4.25. The summed E-state index contributed by atoms with van der Waals surface area (Å²) in [7, 11) is 0. The van der Waals surface area contributed by atoms with E-state index in [0.717, 1.165) is 9.78 Å². The van der Waals surface area contributed by atoms with Crippen LogP contribution in [-0.2, 0) is 21.7 Å². The largest absolute Gasteiger partial charge is 0.333 e. The molecule has 1 unspecified atom stereocenters. The number of carbonyl (C=O) groups excluding carboxylic acids is 4. The Morgan fingerprint density at radius 3 is 2.64 bits per heavy atom. The molecule has 8 nitrogen and oxygen atoms in total. The molecule has 0 spiro atoms. The average molecular weight is 465 g/mol. The van der Waals surface area contributed by atoms with Gasteiger partial charge in [-0.2, -0.15) is 0 Å². The van der Waals surface area contributed by atoms with E-state index in [9.17, 15) is 19.2 Å². The molecule has 1 atom stereocenters. The maximum absolute atomic E-state index is 12.8. The molecule has 2 aromatic rings. The predicted molar refractivity (Wildman–Crippen MR) is 106 cm³/mol. The molecule has 1 aromatic heterocycles. The maximum Gasteiger partial charge on any atom is 0.325 e. The number of urea groups is 2. The van der Waals surface area contributed by atoms with Gasteiger partial charge in [0.1, 0.15) is 12.1 Å². The Kier molecular flexibility index (Phi) is 5.80. The van der Waals surface area contributed by atoms with Crippen LogP contribution in [0.1, 0.15) is 17.4 Å². The van der Waals surface area contributed by atoms with E-state index in [1.807, 2.05) is 17.5 Å². The van der Waals surface area contributed by atoms with Crippen LogP contribution >= 0.6 is 27.3 Å². The van der Waals surface area contributed by atoms with Crippen LogP contribution in [0.15, 0.2) is 46.3 Å². The van der Waals surface area contributed by atoms with Crippen molar-refractivity contribution in [3.8, 4) is 0 Å². The summed E-state index contributed by atoms with van der Waals surface area (Å²) in [5.74, 6) is -1.33. The minimum atomic E-state index is -1.31. The fourth-order valence-corrected chi connectivity index (χ4v) is 4.15. The number of amides is 6. The summed E-state index contributed by atoms with van der Waals surface area (Å²) in [5, 5.41) is 9.16. The molecule has 0 bridgehead atoms. The van der Waals surface area contributed by atoms with Crippen LogP contribution in [0.25, 0.3) is 0 Å². The molecular weight excluding hydrogens is 448 g/mol. The number of hydrogen-bond donors (Lipinski definition) is 3. The standard InChI is InChI=1S/C18H17BrN4O4S/c1-18(12-6-2-3-7-13(12)19)15(25)23(17(27)22-18)10-14(24)21-16(26)20-9-11-5-4-8-28-11/h2-8H,9-10H2,1H3,(H,22,27)(H2,20,21,24,26). The molecule has 6 amide bonds. The van der Waals surface area contributed by atoms with Crippen molar-refractivity contribution in [3.63, 3.8) is 0 Å². The van der Waals surface area contributed by atoms with Crippen LogP contribution < -0.4 is 16.0 Å².